The maximum atomic E-state index is 12.8. The Bertz CT molecular complexity index is 486. The zero-order chi connectivity index (χ0) is 15.7. The molecule has 1 amide bonds. The SMILES string of the molecule is CC.CC(C)C1(C(C)C)C(=O)N(C)c2c(Cl)cccc21. The van der Waals surface area contributed by atoms with Gasteiger partial charge in [0.05, 0.1) is 16.1 Å². The van der Waals surface area contributed by atoms with Crippen LogP contribution in [0.15, 0.2) is 18.2 Å². The molecule has 0 radical (unpaired) electrons. The molecule has 0 aromatic heterocycles. The van der Waals surface area contributed by atoms with Crippen molar-refractivity contribution in [2.45, 2.75) is 47.0 Å². The van der Waals surface area contributed by atoms with Gasteiger partial charge in [-0.05, 0) is 23.5 Å². The molecule has 1 aliphatic rings. The summed E-state index contributed by atoms with van der Waals surface area (Å²) in [5.74, 6) is 0.648. The Morgan fingerprint density at radius 1 is 1.10 bits per heavy atom. The first-order valence-corrected chi connectivity index (χ1v) is 7.80. The van der Waals surface area contributed by atoms with Gasteiger partial charge in [-0.15, -0.1) is 0 Å². The number of fused-ring (bicyclic) bond motifs is 1. The number of hydrogen-bond donors (Lipinski definition) is 0. The normalized spacial score (nSPS) is 16.3. The lowest BCUT2D eigenvalue weighted by molar-refractivity contribution is -0.126. The highest BCUT2D eigenvalue weighted by molar-refractivity contribution is 6.35. The highest BCUT2D eigenvalue weighted by atomic mass is 35.5. The van der Waals surface area contributed by atoms with E-state index in [0.717, 1.165) is 11.3 Å². The van der Waals surface area contributed by atoms with Gasteiger partial charge >= 0.3 is 0 Å². The predicted molar refractivity (Wildman–Crippen MR) is 87.6 cm³/mol. The summed E-state index contributed by atoms with van der Waals surface area (Å²) in [5, 5.41) is 0.659. The van der Waals surface area contributed by atoms with Crippen molar-refractivity contribution in [2.24, 2.45) is 11.8 Å². The first kappa shape index (κ1) is 17.0. The van der Waals surface area contributed by atoms with Crippen LogP contribution >= 0.6 is 11.6 Å². The van der Waals surface area contributed by atoms with E-state index in [4.69, 9.17) is 11.6 Å². The van der Waals surface area contributed by atoms with Crippen molar-refractivity contribution >= 4 is 23.2 Å². The van der Waals surface area contributed by atoms with Crippen molar-refractivity contribution in [3.8, 4) is 0 Å². The number of nitrogens with zero attached hydrogens (tertiary/aromatic N) is 1. The van der Waals surface area contributed by atoms with Crippen LogP contribution in [0, 0.1) is 11.8 Å². The van der Waals surface area contributed by atoms with Crippen LogP contribution in [-0.2, 0) is 10.2 Å². The van der Waals surface area contributed by atoms with Gasteiger partial charge in [0.2, 0.25) is 5.91 Å². The molecule has 0 saturated carbocycles. The molecule has 0 spiro atoms. The second kappa shape index (κ2) is 6.17. The lowest BCUT2D eigenvalue weighted by Gasteiger charge is -2.36. The van der Waals surface area contributed by atoms with Gasteiger partial charge in [0.15, 0.2) is 0 Å². The highest BCUT2D eigenvalue weighted by Crippen LogP contribution is 2.52. The van der Waals surface area contributed by atoms with Crippen molar-refractivity contribution < 1.29 is 4.79 Å². The van der Waals surface area contributed by atoms with E-state index in [9.17, 15) is 4.79 Å². The lowest BCUT2D eigenvalue weighted by Crippen LogP contribution is -2.46. The number of hydrogen-bond acceptors (Lipinski definition) is 1. The Morgan fingerprint density at radius 3 is 2.05 bits per heavy atom. The van der Waals surface area contributed by atoms with Crippen molar-refractivity contribution in [1.29, 1.82) is 0 Å². The molecular formula is C17H26ClNO. The fourth-order valence-corrected chi connectivity index (χ4v) is 3.77. The molecule has 0 N–H and O–H groups in total. The van der Waals surface area contributed by atoms with Crippen LogP contribution < -0.4 is 4.90 Å². The van der Waals surface area contributed by atoms with Gasteiger partial charge in [-0.25, -0.2) is 0 Å². The number of benzene rings is 1. The summed E-state index contributed by atoms with van der Waals surface area (Å²) in [7, 11) is 1.82. The van der Waals surface area contributed by atoms with E-state index in [1.165, 1.54) is 0 Å². The number of amides is 1. The molecule has 1 aromatic carbocycles. The Balaban J connectivity index is 0.000000956. The predicted octanol–water partition coefficient (Wildman–Crippen LogP) is 4.89. The molecular weight excluding hydrogens is 270 g/mol. The molecule has 20 heavy (non-hydrogen) atoms. The summed E-state index contributed by atoms with van der Waals surface area (Å²) in [5.41, 5.74) is 1.51. The van der Waals surface area contributed by atoms with Gasteiger partial charge in [0.1, 0.15) is 0 Å². The number of rotatable bonds is 2. The van der Waals surface area contributed by atoms with Gasteiger partial charge in [0.25, 0.3) is 0 Å². The van der Waals surface area contributed by atoms with Gasteiger partial charge in [-0.2, -0.15) is 0 Å². The largest absolute Gasteiger partial charge is 0.313 e. The summed E-state index contributed by atoms with van der Waals surface area (Å²) in [6, 6.07) is 5.83. The summed E-state index contributed by atoms with van der Waals surface area (Å²) in [4.78, 5) is 14.5. The van der Waals surface area contributed by atoms with Crippen molar-refractivity contribution in [3.05, 3.63) is 28.8 Å². The van der Waals surface area contributed by atoms with Crippen molar-refractivity contribution in [3.63, 3.8) is 0 Å². The summed E-state index contributed by atoms with van der Waals surface area (Å²) < 4.78 is 0. The molecule has 0 saturated heterocycles. The van der Waals surface area contributed by atoms with E-state index < -0.39 is 5.41 Å². The van der Waals surface area contributed by atoms with Crippen LogP contribution in [0.4, 0.5) is 5.69 Å². The number of para-hydroxylation sites is 1. The van der Waals surface area contributed by atoms with Gasteiger partial charge in [-0.3, -0.25) is 4.79 Å². The molecule has 0 atom stereocenters. The molecule has 0 fully saturated rings. The zero-order valence-corrected chi connectivity index (χ0v) is 14.4. The third kappa shape index (κ3) is 2.14. The number of carbonyl (C=O) groups is 1. The second-order valence-electron chi connectivity index (χ2n) is 5.68. The van der Waals surface area contributed by atoms with Crippen LogP contribution in [0.5, 0.6) is 0 Å². The Labute approximate surface area is 128 Å². The first-order valence-electron chi connectivity index (χ1n) is 7.42. The van der Waals surface area contributed by atoms with Crippen LogP contribution in [0.25, 0.3) is 0 Å². The van der Waals surface area contributed by atoms with Gasteiger partial charge in [-0.1, -0.05) is 65.3 Å². The van der Waals surface area contributed by atoms with Crippen LogP contribution in [-0.4, -0.2) is 13.0 Å². The fourth-order valence-electron chi connectivity index (χ4n) is 3.47. The maximum absolute atomic E-state index is 12.8. The van der Waals surface area contributed by atoms with E-state index in [1.807, 2.05) is 39.1 Å². The minimum atomic E-state index is -0.449. The quantitative estimate of drug-likeness (QED) is 0.760. The smallest absolute Gasteiger partial charge is 0.238 e. The van der Waals surface area contributed by atoms with Crippen LogP contribution in [0.3, 0.4) is 0 Å². The molecule has 0 unspecified atom stereocenters. The monoisotopic (exact) mass is 295 g/mol. The van der Waals surface area contributed by atoms with Crippen LogP contribution in [0.2, 0.25) is 5.02 Å². The number of likely N-dealkylation sites (N-methyl/N-ethyl adjacent to an activating group) is 1. The Hall–Kier alpha value is -1.02. The van der Waals surface area contributed by atoms with E-state index in [-0.39, 0.29) is 17.7 Å². The third-order valence-corrected chi connectivity index (χ3v) is 4.55. The number of halogens is 1. The topological polar surface area (TPSA) is 20.3 Å². The van der Waals surface area contributed by atoms with Crippen molar-refractivity contribution in [1.82, 2.24) is 0 Å². The molecule has 3 heteroatoms. The van der Waals surface area contributed by atoms with Crippen molar-refractivity contribution in [2.75, 3.05) is 11.9 Å². The Morgan fingerprint density at radius 2 is 1.60 bits per heavy atom. The average Bonchev–Trinajstić information content (AvgIpc) is 2.63. The molecule has 0 bridgehead atoms. The fraction of sp³-hybridized carbons (Fsp3) is 0.588. The minimum Gasteiger partial charge on any atom is -0.313 e. The van der Waals surface area contributed by atoms with E-state index in [2.05, 4.69) is 27.7 Å². The molecule has 0 aliphatic carbocycles. The lowest BCUT2D eigenvalue weighted by atomic mass is 9.65. The summed E-state index contributed by atoms with van der Waals surface area (Å²) in [6.07, 6.45) is 0. The Kier molecular flexibility index (Phi) is 5.26. The molecule has 1 aliphatic heterocycles. The van der Waals surface area contributed by atoms with E-state index in [1.54, 1.807) is 4.90 Å². The molecule has 2 rings (SSSR count). The van der Waals surface area contributed by atoms with Gasteiger partial charge < -0.3 is 4.90 Å². The maximum Gasteiger partial charge on any atom is 0.238 e. The summed E-state index contributed by atoms with van der Waals surface area (Å²) >= 11 is 6.27. The first-order chi connectivity index (χ1) is 9.35. The molecule has 112 valence electrons. The molecule has 1 aromatic rings. The van der Waals surface area contributed by atoms with Crippen LogP contribution in [0.1, 0.15) is 47.1 Å². The number of carbonyl (C=O) groups excluding carboxylic acids is 1. The molecule has 1 heterocycles. The highest BCUT2D eigenvalue weighted by Gasteiger charge is 2.54. The van der Waals surface area contributed by atoms with Gasteiger partial charge in [0, 0.05) is 7.05 Å². The van der Waals surface area contributed by atoms with E-state index >= 15 is 0 Å². The second-order valence-corrected chi connectivity index (χ2v) is 6.09. The minimum absolute atomic E-state index is 0.163. The zero-order valence-electron chi connectivity index (χ0n) is 13.6. The third-order valence-electron chi connectivity index (χ3n) is 4.25. The summed E-state index contributed by atoms with van der Waals surface area (Å²) in [6.45, 7) is 12.5. The van der Waals surface area contributed by atoms with E-state index in [0.29, 0.717) is 5.02 Å². The molecule has 2 nitrogen and oxygen atoms in total. The average molecular weight is 296 g/mol. The standard InChI is InChI=1S/C15H20ClNO.C2H6/c1-9(2)15(10(3)4)11-7-6-8-12(16)13(11)17(5)14(15)18;1-2/h6-10H,1-5H3;1-2H3. The number of anilines is 1.